The fraction of sp³-hybridized carbons (Fsp3) is 1.00. The van der Waals surface area contributed by atoms with E-state index in [1.165, 1.54) is 71.2 Å². The summed E-state index contributed by atoms with van der Waals surface area (Å²) in [5.74, 6) is 0. The van der Waals surface area contributed by atoms with Crippen LogP contribution in [0.3, 0.4) is 0 Å². The summed E-state index contributed by atoms with van der Waals surface area (Å²) in [6.07, 6.45) is 8.56. The van der Waals surface area contributed by atoms with Crippen molar-refractivity contribution in [2.75, 3.05) is 45.9 Å². The summed E-state index contributed by atoms with van der Waals surface area (Å²) in [5, 5.41) is 3.67. The third-order valence-electron chi connectivity index (χ3n) is 5.57. The van der Waals surface area contributed by atoms with E-state index in [2.05, 4.69) is 22.0 Å². The van der Waals surface area contributed by atoms with E-state index in [0.717, 1.165) is 19.2 Å². The van der Waals surface area contributed by atoms with Crippen molar-refractivity contribution in [1.29, 1.82) is 0 Å². The van der Waals surface area contributed by atoms with E-state index in [9.17, 15) is 0 Å². The van der Waals surface area contributed by atoms with Crippen LogP contribution in [0.2, 0.25) is 0 Å². The Hall–Kier alpha value is -0.160. The molecule has 0 saturated carbocycles. The van der Waals surface area contributed by atoms with Gasteiger partial charge in [0.15, 0.2) is 0 Å². The fourth-order valence-corrected chi connectivity index (χ4v) is 4.18. The van der Waals surface area contributed by atoms with E-state index in [-0.39, 0.29) is 0 Å². The monoisotopic (exact) mass is 295 g/mol. The number of hydrogen-bond acceptors (Lipinski definition) is 4. The Kier molecular flexibility index (Phi) is 5.92. The minimum atomic E-state index is 0.449. The van der Waals surface area contributed by atoms with E-state index < -0.39 is 0 Å². The van der Waals surface area contributed by atoms with Crippen LogP contribution in [0.25, 0.3) is 0 Å². The van der Waals surface area contributed by atoms with E-state index in [1.807, 2.05) is 0 Å². The number of piperidine rings is 1. The minimum Gasteiger partial charge on any atom is -0.377 e. The molecule has 3 rings (SSSR count). The third kappa shape index (κ3) is 4.41. The van der Waals surface area contributed by atoms with Crippen LogP contribution in [0.5, 0.6) is 0 Å². The molecule has 3 heterocycles. The van der Waals surface area contributed by atoms with Crippen LogP contribution in [0, 0.1) is 0 Å². The molecule has 21 heavy (non-hydrogen) atoms. The van der Waals surface area contributed by atoms with Gasteiger partial charge >= 0.3 is 0 Å². The number of nitrogens with one attached hydrogen (secondary N) is 1. The van der Waals surface area contributed by atoms with Crippen LogP contribution in [0.1, 0.15) is 45.4 Å². The first-order valence-corrected chi connectivity index (χ1v) is 9.14. The molecule has 0 amide bonds. The van der Waals surface area contributed by atoms with Gasteiger partial charge in [-0.05, 0) is 58.7 Å². The lowest BCUT2D eigenvalue weighted by atomic mass is 10.1. The minimum absolute atomic E-state index is 0.449. The van der Waals surface area contributed by atoms with E-state index >= 15 is 0 Å². The Morgan fingerprint density at radius 1 is 1.10 bits per heavy atom. The van der Waals surface area contributed by atoms with Gasteiger partial charge in [-0.3, -0.25) is 4.90 Å². The molecule has 3 unspecified atom stereocenters. The predicted octanol–water partition coefficient (Wildman–Crippen LogP) is 1.70. The van der Waals surface area contributed by atoms with Gasteiger partial charge in [-0.2, -0.15) is 0 Å². The number of ether oxygens (including phenoxy) is 1. The van der Waals surface area contributed by atoms with Gasteiger partial charge < -0.3 is 15.0 Å². The van der Waals surface area contributed by atoms with Gasteiger partial charge in [0.2, 0.25) is 0 Å². The summed E-state index contributed by atoms with van der Waals surface area (Å²) < 4.78 is 5.75. The van der Waals surface area contributed by atoms with Crippen molar-refractivity contribution in [2.24, 2.45) is 0 Å². The average Bonchev–Trinajstić information content (AvgIpc) is 3.20. The first kappa shape index (κ1) is 15.7. The molecule has 0 radical (unpaired) electrons. The van der Waals surface area contributed by atoms with Gasteiger partial charge in [-0.1, -0.05) is 6.42 Å². The summed E-state index contributed by atoms with van der Waals surface area (Å²) in [4.78, 5) is 5.39. The molecule has 3 atom stereocenters. The molecule has 3 aliphatic heterocycles. The lowest BCUT2D eigenvalue weighted by Crippen LogP contribution is -2.43. The summed E-state index contributed by atoms with van der Waals surface area (Å²) in [6, 6.07) is 1.34. The van der Waals surface area contributed by atoms with Crippen LogP contribution < -0.4 is 5.32 Å². The van der Waals surface area contributed by atoms with Crippen LogP contribution in [0.4, 0.5) is 0 Å². The molecule has 0 bridgehead atoms. The van der Waals surface area contributed by atoms with Gasteiger partial charge in [0.05, 0.1) is 6.10 Å². The van der Waals surface area contributed by atoms with Gasteiger partial charge in [-0.25, -0.2) is 0 Å². The second-order valence-electron chi connectivity index (χ2n) is 7.13. The van der Waals surface area contributed by atoms with Crippen LogP contribution in [0.15, 0.2) is 0 Å². The Balaban J connectivity index is 1.31. The number of hydrogen-bond donors (Lipinski definition) is 1. The maximum absolute atomic E-state index is 5.75. The molecule has 0 spiro atoms. The Labute approximate surface area is 130 Å². The zero-order valence-electron chi connectivity index (χ0n) is 13.7. The molecule has 0 aromatic carbocycles. The molecule has 122 valence electrons. The summed E-state index contributed by atoms with van der Waals surface area (Å²) in [5.41, 5.74) is 0. The summed E-state index contributed by atoms with van der Waals surface area (Å²) in [7, 11) is 0. The largest absolute Gasteiger partial charge is 0.377 e. The molecule has 4 nitrogen and oxygen atoms in total. The maximum atomic E-state index is 5.75. The molecule has 0 aromatic rings. The molecule has 3 saturated heterocycles. The average molecular weight is 295 g/mol. The highest BCUT2D eigenvalue weighted by molar-refractivity contribution is 4.85. The topological polar surface area (TPSA) is 27.7 Å². The Bertz CT molecular complexity index is 300. The molecule has 4 heteroatoms. The van der Waals surface area contributed by atoms with E-state index in [4.69, 9.17) is 4.74 Å². The fourth-order valence-electron chi connectivity index (χ4n) is 4.18. The van der Waals surface area contributed by atoms with Gasteiger partial charge in [0, 0.05) is 38.3 Å². The highest BCUT2D eigenvalue weighted by Crippen LogP contribution is 2.20. The predicted molar refractivity (Wildman–Crippen MR) is 86.7 cm³/mol. The van der Waals surface area contributed by atoms with Gasteiger partial charge in [-0.15, -0.1) is 0 Å². The number of nitrogens with zero attached hydrogens (tertiary/aromatic N) is 2. The lowest BCUT2D eigenvalue weighted by Gasteiger charge is -2.32. The first-order valence-electron chi connectivity index (χ1n) is 9.14. The standard InChI is InChI=1S/C17H33N3O/c1-15(17-6-5-13-21-17)18-8-12-19-11-7-16(14-19)20-9-3-2-4-10-20/h15-18H,2-14H2,1H3. The number of likely N-dealkylation sites (tertiary alicyclic amines) is 2. The molecule has 0 aliphatic carbocycles. The second-order valence-corrected chi connectivity index (χ2v) is 7.13. The van der Waals surface area contributed by atoms with Crippen LogP contribution in [-0.4, -0.2) is 73.9 Å². The lowest BCUT2D eigenvalue weighted by molar-refractivity contribution is 0.0828. The SMILES string of the molecule is CC(NCCN1CCC(N2CCCCC2)C1)C1CCCO1. The molecular formula is C17H33N3O. The quantitative estimate of drug-likeness (QED) is 0.807. The first-order chi connectivity index (χ1) is 10.3. The van der Waals surface area contributed by atoms with Gasteiger partial charge in [0.25, 0.3) is 0 Å². The van der Waals surface area contributed by atoms with Crippen molar-refractivity contribution in [3.05, 3.63) is 0 Å². The second kappa shape index (κ2) is 7.91. The van der Waals surface area contributed by atoms with Crippen molar-refractivity contribution in [3.63, 3.8) is 0 Å². The zero-order chi connectivity index (χ0) is 14.5. The van der Waals surface area contributed by atoms with Crippen LogP contribution in [-0.2, 0) is 4.74 Å². The maximum Gasteiger partial charge on any atom is 0.0726 e. The number of rotatable bonds is 6. The van der Waals surface area contributed by atoms with Crippen molar-refractivity contribution in [2.45, 2.75) is 63.6 Å². The molecule has 1 N–H and O–H groups in total. The smallest absolute Gasteiger partial charge is 0.0726 e. The van der Waals surface area contributed by atoms with Crippen molar-refractivity contribution in [1.82, 2.24) is 15.1 Å². The summed E-state index contributed by atoms with van der Waals surface area (Å²) >= 11 is 0. The molecule has 0 aromatic heterocycles. The highest BCUT2D eigenvalue weighted by atomic mass is 16.5. The molecule has 3 fully saturated rings. The van der Waals surface area contributed by atoms with E-state index in [0.29, 0.717) is 12.1 Å². The third-order valence-corrected chi connectivity index (χ3v) is 5.57. The van der Waals surface area contributed by atoms with E-state index in [1.54, 1.807) is 0 Å². The normalized spacial score (nSPS) is 33.6. The Morgan fingerprint density at radius 3 is 2.71 bits per heavy atom. The van der Waals surface area contributed by atoms with Crippen molar-refractivity contribution in [3.8, 4) is 0 Å². The van der Waals surface area contributed by atoms with Gasteiger partial charge in [0.1, 0.15) is 0 Å². The molecular weight excluding hydrogens is 262 g/mol. The Morgan fingerprint density at radius 2 is 1.95 bits per heavy atom. The summed E-state index contributed by atoms with van der Waals surface area (Å²) in [6.45, 7) is 10.8. The highest BCUT2D eigenvalue weighted by Gasteiger charge is 2.28. The van der Waals surface area contributed by atoms with Crippen molar-refractivity contribution >= 4 is 0 Å². The van der Waals surface area contributed by atoms with Crippen LogP contribution >= 0.6 is 0 Å². The zero-order valence-corrected chi connectivity index (χ0v) is 13.7. The molecule has 3 aliphatic rings. The van der Waals surface area contributed by atoms with Crippen molar-refractivity contribution < 1.29 is 4.74 Å².